The SMILES string of the molecule is CC(O)(CN=C(N)Nc1ccc(OC(F)(F)F)cc1)c1ccsc1. The van der Waals surface area contributed by atoms with Crippen LogP contribution in [0.2, 0.25) is 0 Å². The van der Waals surface area contributed by atoms with Crippen molar-refractivity contribution in [1.29, 1.82) is 0 Å². The van der Waals surface area contributed by atoms with E-state index in [1.54, 1.807) is 13.0 Å². The molecular weight excluding hydrogens is 343 g/mol. The summed E-state index contributed by atoms with van der Waals surface area (Å²) in [7, 11) is 0. The smallest absolute Gasteiger partial charge is 0.406 e. The molecule has 0 saturated carbocycles. The number of halogens is 3. The minimum Gasteiger partial charge on any atom is -0.406 e. The van der Waals surface area contributed by atoms with Crippen LogP contribution in [0.3, 0.4) is 0 Å². The summed E-state index contributed by atoms with van der Waals surface area (Å²) in [5.74, 6) is -0.293. The predicted molar refractivity (Wildman–Crippen MR) is 87.1 cm³/mol. The van der Waals surface area contributed by atoms with E-state index in [1.807, 2.05) is 10.8 Å². The van der Waals surface area contributed by atoms with E-state index in [1.165, 1.54) is 23.5 Å². The second-order valence-corrected chi connectivity index (χ2v) is 5.96. The van der Waals surface area contributed by atoms with Crippen molar-refractivity contribution in [3.8, 4) is 5.75 Å². The van der Waals surface area contributed by atoms with Crippen molar-refractivity contribution in [1.82, 2.24) is 0 Å². The Morgan fingerprint density at radius 3 is 2.50 bits per heavy atom. The molecule has 1 unspecified atom stereocenters. The molecule has 0 bridgehead atoms. The van der Waals surface area contributed by atoms with Gasteiger partial charge in [-0.05, 0) is 53.6 Å². The van der Waals surface area contributed by atoms with Crippen molar-refractivity contribution in [2.75, 3.05) is 11.9 Å². The first-order valence-corrected chi connectivity index (χ1v) is 7.78. The van der Waals surface area contributed by atoms with Gasteiger partial charge in [-0.15, -0.1) is 13.2 Å². The Kier molecular flexibility index (Phi) is 5.35. The van der Waals surface area contributed by atoms with Crippen molar-refractivity contribution >= 4 is 23.0 Å². The number of aliphatic imine (C=N–C) groups is 1. The van der Waals surface area contributed by atoms with Crippen LogP contribution >= 0.6 is 11.3 Å². The molecule has 9 heteroatoms. The molecule has 0 fully saturated rings. The first kappa shape index (κ1) is 18.1. The van der Waals surface area contributed by atoms with Crippen molar-refractivity contribution in [3.05, 3.63) is 46.7 Å². The maximum absolute atomic E-state index is 12.1. The Hall–Kier alpha value is -2.26. The molecule has 0 aliphatic rings. The van der Waals surface area contributed by atoms with Gasteiger partial charge in [-0.3, -0.25) is 0 Å². The minimum absolute atomic E-state index is 0.0370. The second kappa shape index (κ2) is 7.10. The van der Waals surface area contributed by atoms with Crippen LogP contribution in [0, 0.1) is 0 Å². The van der Waals surface area contributed by atoms with Crippen LogP contribution in [0.25, 0.3) is 0 Å². The third-order valence-corrected chi connectivity index (χ3v) is 3.74. The molecule has 1 heterocycles. The zero-order chi connectivity index (χ0) is 17.8. The number of nitrogens with one attached hydrogen (secondary N) is 1. The molecule has 24 heavy (non-hydrogen) atoms. The Labute approximate surface area is 140 Å². The lowest BCUT2D eigenvalue weighted by molar-refractivity contribution is -0.274. The van der Waals surface area contributed by atoms with E-state index in [0.29, 0.717) is 5.69 Å². The topological polar surface area (TPSA) is 79.9 Å². The van der Waals surface area contributed by atoms with Gasteiger partial charge >= 0.3 is 6.36 Å². The summed E-state index contributed by atoms with van der Waals surface area (Å²) in [6.07, 6.45) is -4.73. The Morgan fingerprint density at radius 2 is 1.96 bits per heavy atom. The molecule has 0 aliphatic carbocycles. The van der Waals surface area contributed by atoms with Crippen LogP contribution in [0.15, 0.2) is 46.1 Å². The molecule has 5 nitrogen and oxygen atoms in total. The number of alkyl halides is 3. The molecule has 4 N–H and O–H groups in total. The van der Waals surface area contributed by atoms with E-state index in [0.717, 1.165) is 17.7 Å². The lowest BCUT2D eigenvalue weighted by Crippen LogP contribution is -2.29. The molecule has 0 aliphatic heterocycles. The molecule has 0 radical (unpaired) electrons. The molecule has 2 aromatic rings. The number of nitrogens with two attached hydrogens (primary N) is 1. The molecule has 2 rings (SSSR count). The number of hydrogen-bond acceptors (Lipinski definition) is 4. The van der Waals surface area contributed by atoms with Crippen LogP contribution < -0.4 is 15.8 Å². The van der Waals surface area contributed by atoms with Crippen LogP contribution in [0.4, 0.5) is 18.9 Å². The maximum atomic E-state index is 12.1. The van der Waals surface area contributed by atoms with E-state index in [4.69, 9.17) is 5.73 Å². The number of ether oxygens (including phenoxy) is 1. The number of rotatable bonds is 5. The van der Waals surface area contributed by atoms with Crippen molar-refractivity contribution in [2.24, 2.45) is 10.7 Å². The van der Waals surface area contributed by atoms with Gasteiger partial charge in [-0.2, -0.15) is 11.3 Å². The fraction of sp³-hybridized carbons (Fsp3) is 0.267. The standard InChI is InChI=1S/C15H16F3N3O2S/c1-14(22,10-6-7-24-8-10)9-20-13(19)21-11-2-4-12(5-3-11)23-15(16,17)18/h2-8,22H,9H2,1H3,(H3,19,20,21). The van der Waals surface area contributed by atoms with Crippen LogP contribution in [0.5, 0.6) is 5.75 Å². The van der Waals surface area contributed by atoms with E-state index in [2.05, 4.69) is 15.0 Å². The van der Waals surface area contributed by atoms with Gasteiger partial charge in [0.25, 0.3) is 0 Å². The van der Waals surface area contributed by atoms with Gasteiger partial charge in [0.05, 0.1) is 6.54 Å². The summed E-state index contributed by atoms with van der Waals surface area (Å²) in [6.45, 7) is 1.66. The summed E-state index contributed by atoms with van der Waals surface area (Å²) in [6, 6.07) is 6.86. The average Bonchev–Trinajstić information content (AvgIpc) is 3.01. The molecule has 1 aromatic heterocycles. The van der Waals surface area contributed by atoms with Crippen molar-refractivity contribution < 1.29 is 23.0 Å². The summed E-state index contributed by atoms with van der Waals surface area (Å²) < 4.78 is 40.0. The largest absolute Gasteiger partial charge is 0.573 e. The molecule has 0 saturated heterocycles. The van der Waals surface area contributed by atoms with Crippen LogP contribution in [0.1, 0.15) is 12.5 Å². The third-order valence-electron chi connectivity index (χ3n) is 3.06. The van der Waals surface area contributed by atoms with E-state index < -0.39 is 12.0 Å². The first-order valence-electron chi connectivity index (χ1n) is 6.83. The first-order chi connectivity index (χ1) is 11.2. The van der Waals surface area contributed by atoms with Gasteiger partial charge < -0.3 is 20.9 Å². The van der Waals surface area contributed by atoms with Crippen LogP contribution in [-0.4, -0.2) is 24.0 Å². The minimum atomic E-state index is -4.73. The van der Waals surface area contributed by atoms with Gasteiger partial charge in [0.2, 0.25) is 0 Å². The van der Waals surface area contributed by atoms with Gasteiger partial charge in [-0.25, -0.2) is 4.99 Å². The number of thiophene rings is 1. The van der Waals surface area contributed by atoms with Crippen molar-refractivity contribution in [2.45, 2.75) is 18.9 Å². The third kappa shape index (κ3) is 5.43. The molecule has 1 aromatic carbocycles. The lowest BCUT2D eigenvalue weighted by atomic mass is 10.00. The second-order valence-electron chi connectivity index (χ2n) is 5.18. The highest BCUT2D eigenvalue weighted by atomic mass is 32.1. The lowest BCUT2D eigenvalue weighted by Gasteiger charge is -2.20. The highest BCUT2D eigenvalue weighted by molar-refractivity contribution is 7.08. The normalized spacial score (nSPS) is 15.0. The van der Waals surface area contributed by atoms with Gasteiger partial charge in [0.1, 0.15) is 11.4 Å². The molecule has 1 atom stereocenters. The highest BCUT2D eigenvalue weighted by Gasteiger charge is 2.31. The van der Waals surface area contributed by atoms with Crippen molar-refractivity contribution in [3.63, 3.8) is 0 Å². The Balaban J connectivity index is 1.95. The summed E-state index contributed by atoms with van der Waals surface area (Å²) in [4.78, 5) is 4.06. The predicted octanol–water partition coefficient (Wildman–Crippen LogP) is 3.28. The number of hydrogen-bond donors (Lipinski definition) is 3. The number of aliphatic hydroxyl groups is 1. The van der Waals surface area contributed by atoms with Gasteiger partial charge in [-0.1, -0.05) is 0 Å². The fourth-order valence-corrected chi connectivity index (χ4v) is 2.61. The highest BCUT2D eigenvalue weighted by Crippen LogP contribution is 2.24. The molecular formula is C15H16F3N3O2S. The van der Waals surface area contributed by atoms with Gasteiger partial charge in [0.15, 0.2) is 5.96 Å². The van der Waals surface area contributed by atoms with E-state index in [-0.39, 0.29) is 18.3 Å². The maximum Gasteiger partial charge on any atom is 0.573 e. The Morgan fingerprint density at radius 1 is 1.29 bits per heavy atom. The number of benzene rings is 1. The van der Waals surface area contributed by atoms with E-state index in [9.17, 15) is 18.3 Å². The number of nitrogens with zero attached hydrogens (tertiary/aromatic N) is 1. The quantitative estimate of drug-likeness (QED) is 0.565. The average molecular weight is 359 g/mol. The Bertz CT molecular complexity index is 683. The fourth-order valence-electron chi connectivity index (χ4n) is 1.83. The summed E-state index contributed by atoms with van der Waals surface area (Å²) in [5, 5.41) is 16.7. The molecule has 0 spiro atoms. The summed E-state index contributed by atoms with van der Waals surface area (Å²) in [5.41, 5.74) is 5.75. The van der Waals surface area contributed by atoms with E-state index >= 15 is 0 Å². The molecule has 0 amide bonds. The zero-order valence-corrected chi connectivity index (χ0v) is 13.5. The monoisotopic (exact) mass is 359 g/mol. The number of anilines is 1. The van der Waals surface area contributed by atoms with Crippen LogP contribution in [-0.2, 0) is 5.60 Å². The zero-order valence-electron chi connectivity index (χ0n) is 12.7. The molecule has 130 valence electrons. The van der Waals surface area contributed by atoms with Gasteiger partial charge in [0, 0.05) is 5.69 Å². The number of guanidine groups is 1. The summed E-state index contributed by atoms with van der Waals surface area (Å²) >= 11 is 1.46.